The first-order valence-electron chi connectivity index (χ1n) is 7.42. The van der Waals surface area contributed by atoms with E-state index in [1.807, 2.05) is 0 Å². The molecule has 0 aromatic heterocycles. The Labute approximate surface area is 110 Å². The molecule has 1 aromatic carbocycles. The highest BCUT2D eigenvalue weighted by molar-refractivity contribution is 5.33. The average molecular weight is 244 g/mol. The molecule has 0 unspecified atom stereocenters. The van der Waals surface area contributed by atoms with E-state index in [9.17, 15) is 0 Å². The molecule has 98 valence electrons. The monoisotopic (exact) mass is 244 g/mol. The van der Waals surface area contributed by atoms with Crippen molar-refractivity contribution in [3.63, 3.8) is 0 Å². The van der Waals surface area contributed by atoms with Crippen LogP contribution in [-0.4, -0.2) is 24.0 Å². The van der Waals surface area contributed by atoms with Crippen LogP contribution in [-0.2, 0) is 19.5 Å². The smallest absolute Gasteiger partial charge is 0.0236 e. The molecule has 1 aromatic rings. The molecule has 1 saturated carbocycles. The molecule has 2 nitrogen and oxygen atoms in total. The summed E-state index contributed by atoms with van der Waals surface area (Å²) in [6, 6.07) is 7.99. The molecule has 1 aliphatic carbocycles. The summed E-state index contributed by atoms with van der Waals surface area (Å²) in [5, 5.41) is 3.47. The Balaban J connectivity index is 1.71. The van der Waals surface area contributed by atoms with E-state index >= 15 is 0 Å². The maximum absolute atomic E-state index is 3.47. The van der Waals surface area contributed by atoms with Gasteiger partial charge in [0.05, 0.1) is 0 Å². The third kappa shape index (κ3) is 2.76. The van der Waals surface area contributed by atoms with E-state index in [1.165, 1.54) is 43.4 Å². The zero-order valence-electron chi connectivity index (χ0n) is 11.4. The number of hydrogen-bond acceptors (Lipinski definition) is 2. The van der Waals surface area contributed by atoms with Gasteiger partial charge in [-0.15, -0.1) is 0 Å². The summed E-state index contributed by atoms with van der Waals surface area (Å²) in [5.41, 5.74) is 4.56. The highest BCUT2D eigenvalue weighted by Gasteiger charge is 2.28. The Hall–Kier alpha value is -0.860. The third-order valence-electron chi connectivity index (χ3n) is 4.12. The summed E-state index contributed by atoms with van der Waals surface area (Å²) in [6.07, 6.45) is 5.28. The molecule has 0 bridgehead atoms. The van der Waals surface area contributed by atoms with Gasteiger partial charge < -0.3 is 5.32 Å². The number of fused-ring (bicyclic) bond motifs is 1. The zero-order chi connectivity index (χ0) is 12.4. The summed E-state index contributed by atoms with van der Waals surface area (Å²) in [5.74, 6) is 0. The summed E-state index contributed by atoms with van der Waals surface area (Å²) >= 11 is 0. The summed E-state index contributed by atoms with van der Waals surface area (Å²) < 4.78 is 0. The molecule has 1 N–H and O–H groups in total. The van der Waals surface area contributed by atoms with Crippen molar-refractivity contribution in [1.29, 1.82) is 0 Å². The molecule has 0 saturated heterocycles. The number of hydrogen-bond donors (Lipinski definition) is 1. The first-order chi connectivity index (χ1) is 8.86. The van der Waals surface area contributed by atoms with Gasteiger partial charge in [0, 0.05) is 19.1 Å². The normalized spacial score (nSPS) is 19.0. The van der Waals surface area contributed by atoms with E-state index in [1.54, 1.807) is 5.56 Å². The van der Waals surface area contributed by atoms with Gasteiger partial charge in [-0.25, -0.2) is 0 Å². The Morgan fingerprint density at radius 3 is 2.94 bits per heavy atom. The molecular formula is C16H24N2. The van der Waals surface area contributed by atoms with Crippen molar-refractivity contribution in [3.05, 3.63) is 34.9 Å². The highest BCUT2D eigenvalue weighted by atomic mass is 15.2. The van der Waals surface area contributed by atoms with Gasteiger partial charge in [-0.3, -0.25) is 4.90 Å². The first-order valence-corrected chi connectivity index (χ1v) is 7.42. The SMILES string of the molecule is CCCN(Cc1ccc2c(c1)CNCC2)C1CC1. The van der Waals surface area contributed by atoms with Crippen molar-refractivity contribution in [1.82, 2.24) is 10.2 Å². The van der Waals surface area contributed by atoms with Gasteiger partial charge in [0.2, 0.25) is 0 Å². The average Bonchev–Trinajstić information content (AvgIpc) is 3.22. The largest absolute Gasteiger partial charge is 0.312 e. The fraction of sp³-hybridized carbons (Fsp3) is 0.625. The lowest BCUT2D eigenvalue weighted by Gasteiger charge is -2.23. The molecule has 1 fully saturated rings. The van der Waals surface area contributed by atoms with Crippen LogP contribution in [0, 0.1) is 0 Å². The Morgan fingerprint density at radius 1 is 1.28 bits per heavy atom. The van der Waals surface area contributed by atoms with Crippen LogP contribution in [0.5, 0.6) is 0 Å². The van der Waals surface area contributed by atoms with Gasteiger partial charge in [-0.05, 0) is 55.5 Å². The Bertz CT molecular complexity index is 410. The van der Waals surface area contributed by atoms with E-state index in [-0.39, 0.29) is 0 Å². The minimum Gasteiger partial charge on any atom is -0.312 e. The van der Waals surface area contributed by atoms with Crippen LogP contribution < -0.4 is 5.32 Å². The highest BCUT2D eigenvalue weighted by Crippen LogP contribution is 2.29. The van der Waals surface area contributed by atoms with Crippen molar-refractivity contribution in [2.45, 2.75) is 51.7 Å². The van der Waals surface area contributed by atoms with Crippen LogP contribution in [0.15, 0.2) is 18.2 Å². The van der Waals surface area contributed by atoms with Crippen LogP contribution in [0.25, 0.3) is 0 Å². The molecular weight excluding hydrogens is 220 g/mol. The van der Waals surface area contributed by atoms with Crippen LogP contribution >= 0.6 is 0 Å². The van der Waals surface area contributed by atoms with Crippen LogP contribution in [0.4, 0.5) is 0 Å². The van der Waals surface area contributed by atoms with Gasteiger partial charge in [-0.2, -0.15) is 0 Å². The molecule has 2 aliphatic rings. The standard InChI is InChI=1S/C16H24N2/c1-2-9-18(16-5-6-16)12-13-3-4-14-7-8-17-11-15(14)10-13/h3-4,10,16-17H,2,5-9,11-12H2,1H3. The van der Waals surface area contributed by atoms with Crippen molar-refractivity contribution in [3.8, 4) is 0 Å². The molecule has 18 heavy (non-hydrogen) atoms. The lowest BCUT2D eigenvalue weighted by Crippen LogP contribution is -2.27. The topological polar surface area (TPSA) is 15.3 Å². The van der Waals surface area contributed by atoms with Crippen LogP contribution in [0.1, 0.15) is 42.9 Å². The molecule has 0 amide bonds. The molecule has 2 heteroatoms. The van der Waals surface area contributed by atoms with Crippen LogP contribution in [0.2, 0.25) is 0 Å². The van der Waals surface area contributed by atoms with Gasteiger partial charge in [0.1, 0.15) is 0 Å². The fourth-order valence-corrected chi connectivity index (χ4v) is 2.98. The Morgan fingerprint density at radius 2 is 2.17 bits per heavy atom. The second-order valence-electron chi connectivity index (χ2n) is 5.73. The van der Waals surface area contributed by atoms with E-state index in [0.717, 1.165) is 25.7 Å². The first kappa shape index (κ1) is 12.2. The summed E-state index contributed by atoms with van der Waals surface area (Å²) in [6.45, 7) is 6.87. The number of benzene rings is 1. The number of nitrogens with zero attached hydrogens (tertiary/aromatic N) is 1. The molecule has 3 rings (SSSR count). The summed E-state index contributed by atoms with van der Waals surface area (Å²) in [7, 11) is 0. The van der Waals surface area contributed by atoms with Gasteiger partial charge in [0.15, 0.2) is 0 Å². The molecule has 0 spiro atoms. The maximum atomic E-state index is 3.47. The number of rotatable bonds is 5. The molecule has 1 heterocycles. The third-order valence-corrected chi connectivity index (χ3v) is 4.12. The minimum atomic E-state index is 0.874. The number of nitrogens with one attached hydrogen (secondary N) is 1. The van der Waals surface area contributed by atoms with E-state index in [2.05, 4.69) is 35.3 Å². The molecule has 1 aliphatic heterocycles. The second-order valence-corrected chi connectivity index (χ2v) is 5.73. The maximum Gasteiger partial charge on any atom is 0.0236 e. The quantitative estimate of drug-likeness (QED) is 0.856. The lowest BCUT2D eigenvalue weighted by atomic mass is 9.98. The van der Waals surface area contributed by atoms with Gasteiger partial charge >= 0.3 is 0 Å². The van der Waals surface area contributed by atoms with E-state index in [0.29, 0.717) is 0 Å². The van der Waals surface area contributed by atoms with Crippen molar-refractivity contribution in [2.75, 3.05) is 13.1 Å². The van der Waals surface area contributed by atoms with Gasteiger partial charge in [-0.1, -0.05) is 25.1 Å². The van der Waals surface area contributed by atoms with Crippen molar-refractivity contribution in [2.24, 2.45) is 0 Å². The Kier molecular flexibility index (Phi) is 3.67. The molecule has 0 radical (unpaired) electrons. The van der Waals surface area contributed by atoms with Gasteiger partial charge in [0.25, 0.3) is 0 Å². The van der Waals surface area contributed by atoms with E-state index < -0.39 is 0 Å². The lowest BCUT2D eigenvalue weighted by molar-refractivity contribution is 0.255. The fourth-order valence-electron chi connectivity index (χ4n) is 2.98. The van der Waals surface area contributed by atoms with E-state index in [4.69, 9.17) is 0 Å². The second kappa shape index (κ2) is 5.41. The van der Waals surface area contributed by atoms with Crippen molar-refractivity contribution >= 4 is 0 Å². The van der Waals surface area contributed by atoms with Crippen molar-refractivity contribution < 1.29 is 0 Å². The predicted octanol–water partition coefficient (Wildman–Crippen LogP) is 2.71. The predicted molar refractivity (Wildman–Crippen MR) is 75.6 cm³/mol. The molecule has 0 atom stereocenters. The zero-order valence-corrected chi connectivity index (χ0v) is 11.4. The summed E-state index contributed by atoms with van der Waals surface area (Å²) in [4.78, 5) is 2.66. The van der Waals surface area contributed by atoms with Crippen LogP contribution in [0.3, 0.4) is 0 Å². The minimum absolute atomic E-state index is 0.874.